The minimum absolute atomic E-state index is 0.166. The summed E-state index contributed by atoms with van der Waals surface area (Å²) in [4.78, 5) is 30.1. The van der Waals surface area contributed by atoms with E-state index in [9.17, 15) is 9.59 Å². The van der Waals surface area contributed by atoms with Crippen molar-refractivity contribution in [2.24, 2.45) is 0 Å². The van der Waals surface area contributed by atoms with E-state index in [2.05, 4.69) is 4.98 Å². The number of hydrogen-bond donors (Lipinski definition) is 0. The highest BCUT2D eigenvalue weighted by Gasteiger charge is 2.13. The van der Waals surface area contributed by atoms with Gasteiger partial charge in [-0.15, -0.1) is 0 Å². The van der Waals surface area contributed by atoms with Gasteiger partial charge in [0.15, 0.2) is 0 Å². The van der Waals surface area contributed by atoms with E-state index in [0.717, 1.165) is 0 Å². The maximum atomic E-state index is 11.7. The average molecular weight is 221 g/mol. The number of rotatable bonds is 2. The predicted molar refractivity (Wildman–Crippen MR) is 60.3 cm³/mol. The zero-order chi connectivity index (χ0) is 12.3. The monoisotopic (exact) mass is 221 g/mol. The quantitative estimate of drug-likeness (QED) is 0.730. The normalized spacial score (nSPS) is 9.75. The van der Waals surface area contributed by atoms with E-state index in [1.165, 1.54) is 22.2 Å². The van der Waals surface area contributed by atoms with Gasteiger partial charge in [0, 0.05) is 40.6 Å². The molecule has 0 fully saturated rings. The lowest BCUT2D eigenvalue weighted by molar-refractivity contribution is 0.0825. The van der Waals surface area contributed by atoms with Gasteiger partial charge in [0.1, 0.15) is 0 Å². The average Bonchev–Trinajstić information content (AvgIpc) is 2.26. The number of nitrogens with zero attached hydrogens (tertiary/aromatic N) is 3. The lowest BCUT2D eigenvalue weighted by atomic mass is 10.2. The topological polar surface area (TPSA) is 53.5 Å². The Morgan fingerprint density at radius 2 is 1.31 bits per heavy atom. The van der Waals surface area contributed by atoms with Crippen molar-refractivity contribution in [3.05, 3.63) is 29.6 Å². The highest BCUT2D eigenvalue weighted by Crippen LogP contribution is 2.06. The largest absolute Gasteiger partial charge is 0.345 e. The zero-order valence-electron chi connectivity index (χ0n) is 9.89. The molecular formula is C11H15N3O2. The molecule has 0 aliphatic rings. The van der Waals surface area contributed by atoms with Gasteiger partial charge in [0.25, 0.3) is 11.8 Å². The fourth-order valence-electron chi connectivity index (χ4n) is 1.19. The lowest BCUT2D eigenvalue weighted by Crippen LogP contribution is -2.24. The molecule has 0 aliphatic carbocycles. The van der Waals surface area contributed by atoms with Gasteiger partial charge in [0.2, 0.25) is 0 Å². The molecule has 0 saturated carbocycles. The van der Waals surface area contributed by atoms with Crippen LogP contribution in [0.1, 0.15) is 20.7 Å². The summed E-state index contributed by atoms with van der Waals surface area (Å²) in [7, 11) is 6.62. The van der Waals surface area contributed by atoms with E-state index in [4.69, 9.17) is 0 Å². The summed E-state index contributed by atoms with van der Waals surface area (Å²) in [5, 5.41) is 0. The van der Waals surface area contributed by atoms with Gasteiger partial charge in [-0.3, -0.25) is 14.6 Å². The van der Waals surface area contributed by atoms with Crippen molar-refractivity contribution in [1.29, 1.82) is 0 Å². The Morgan fingerprint density at radius 1 is 0.938 bits per heavy atom. The minimum Gasteiger partial charge on any atom is -0.345 e. The first-order chi connectivity index (χ1) is 7.43. The van der Waals surface area contributed by atoms with Gasteiger partial charge in [-0.1, -0.05) is 0 Å². The van der Waals surface area contributed by atoms with Crippen molar-refractivity contribution < 1.29 is 9.59 Å². The summed E-state index contributed by atoms with van der Waals surface area (Å²) in [5.41, 5.74) is 0.829. The molecule has 5 heteroatoms. The van der Waals surface area contributed by atoms with Crippen LogP contribution < -0.4 is 0 Å². The first-order valence-electron chi connectivity index (χ1n) is 4.82. The van der Waals surface area contributed by atoms with E-state index in [1.54, 1.807) is 34.3 Å². The molecule has 0 saturated heterocycles. The maximum absolute atomic E-state index is 11.7. The SMILES string of the molecule is CN(C)C(=O)c1cncc(C(=O)N(C)C)c1. The third-order valence-corrected chi connectivity index (χ3v) is 2.04. The number of hydrogen-bond acceptors (Lipinski definition) is 3. The molecule has 1 heterocycles. The molecule has 0 atom stereocenters. The molecule has 1 rings (SSSR count). The van der Waals surface area contributed by atoms with Crippen LogP contribution in [-0.2, 0) is 0 Å². The van der Waals surface area contributed by atoms with E-state index in [1.807, 2.05) is 0 Å². The molecule has 0 spiro atoms. The summed E-state index contributed by atoms with van der Waals surface area (Å²) in [6, 6.07) is 1.55. The van der Waals surface area contributed by atoms with Crippen LogP contribution in [0.15, 0.2) is 18.5 Å². The highest BCUT2D eigenvalue weighted by molar-refractivity contribution is 5.98. The van der Waals surface area contributed by atoms with Crippen molar-refractivity contribution in [1.82, 2.24) is 14.8 Å². The summed E-state index contributed by atoms with van der Waals surface area (Å²) in [6.07, 6.45) is 2.91. The fraction of sp³-hybridized carbons (Fsp3) is 0.364. The van der Waals surface area contributed by atoms with Gasteiger partial charge in [-0.2, -0.15) is 0 Å². The number of carbonyl (C=O) groups excluding carboxylic acids is 2. The Kier molecular flexibility index (Phi) is 3.60. The molecule has 16 heavy (non-hydrogen) atoms. The van der Waals surface area contributed by atoms with E-state index in [-0.39, 0.29) is 11.8 Å². The third kappa shape index (κ3) is 2.56. The Labute approximate surface area is 94.7 Å². The van der Waals surface area contributed by atoms with Crippen molar-refractivity contribution in [3.63, 3.8) is 0 Å². The van der Waals surface area contributed by atoms with E-state index < -0.39 is 0 Å². The van der Waals surface area contributed by atoms with Crippen molar-refractivity contribution in [2.75, 3.05) is 28.2 Å². The van der Waals surface area contributed by atoms with Crippen molar-refractivity contribution >= 4 is 11.8 Å². The minimum atomic E-state index is -0.166. The Bertz CT molecular complexity index is 378. The van der Waals surface area contributed by atoms with Crippen LogP contribution in [0.2, 0.25) is 0 Å². The smallest absolute Gasteiger partial charge is 0.254 e. The molecule has 0 aromatic carbocycles. The highest BCUT2D eigenvalue weighted by atomic mass is 16.2. The second-order valence-corrected chi connectivity index (χ2v) is 3.86. The first-order valence-corrected chi connectivity index (χ1v) is 4.82. The standard InChI is InChI=1S/C11H15N3O2/c1-13(2)10(15)8-5-9(7-12-6-8)11(16)14(3)4/h5-7H,1-4H3. The van der Waals surface area contributed by atoms with Crippen LogP contribution in [-0.4, -0.2) is 54.8 Å². The predicted octanol–water partition coefficient (Wildman–Crippen LogP) is 0.485. The van der Waals surface area contributed by atoms with Crippen LogP contribution in [0.4, 0.5) is 0 Å². The number of carbonyl (C=O) groups is 2. The number of pyridine rings is 1. The Morgan fingerprint density at radius 3 is 1.62 bits per heavy atom. The van der Waals surface area contributed by atoms with Crippen LogP contribution >= 0.6 is 0 Å². The summed E-state index contributed by atoms with van der Waals surface area (Å²) in [6.45, 7) is 0. The lowest BCUT2D eigenvalue weighted by Gasteiger charge is -2.12. The molecule has 5 nitrogen and oxygen atoms in total. The van der Waals surface area contributed by atoms with Gasteiger partial charge in [0.05, 0.1) is 11.1 Å². The van der Waals surface area contributed by atoms with Gasteiger partial charge < -0.3 is 9.80 Å². The molecule has 0 radical (unpaired) electrons. The summed E-state index contributed by atoms with van der Waals surface area (Å²) < 4.78 is 0. The number of aromatic nitrogens is 1. The molecule has 1 aromatic rings. The van der Waals surface area contributed by atoms with Crippen molar-refractivity contribution in [3.8, 4) is 0 Å². The zero-order valence-corrected chi connectivity index (χ0v) is 9.89. The molecule has 1 aromatic heterocycles. The Balaban J connectivity index is 3.05. The molecule has 86 valence electrons. The van der Waals surface area contributed by atoms with Crippen LogP contribution in [0.3, 0.4) is 0 Å². The molecule has 0 unspecified atom stereocenters. The van der Waals surface area contributed by atoms with Gasteiger partial charge in [-0.05, 0) is 6.07 Å². The second kappa shape index (κ2) is 4.74. The third-order valence-electron chi connectivity index (χ3n) is 2.04. The second-order valence-electron chi connectivity index (χ2n) is 3.86. The van der Waals surface area contributed by atoms with Crippen LogP contribution in [0.25, 0.3) is 0 Å². The molecule has 2 amide bonds. The summed E-state index contributed by atoms with van der Waals surface area (Å²) >= 11 is 0. The number of amides is 2. The van der Waals surface area contributed by atoms with Gasteiger partial charge in [-0.25, -0.2) is 0 Å². The molecule has 0 aliphatic heterocycles. The van der Waals surface area contributed by atoms with Crippen LogP contribution in [0.5, 0.6) is 0 Å². The van der Waals surface area contributed by atoms with E-state index >= 15 is 0 Å². The summed E-state index contributed by atoms with van der Waals surface area (Å²) in [5.74, 6) is -0.332. The van der Waals surface area contributed by atoms with Crippen LogP contribution in [0, 0.1) is 0 Å². The van der Waals surface area contributed by atoms with Gasteiger partial charge >= 0.3 is 0 Å². The molecule has 0 bridgehead atoms. The van der Waals surface area contributed by atoms with Crippen molar-refractivity contribution in [2.45, 2.75) is 0 Å². The molecular weight excluding hydrogens is 206 g/mol. The maximum Gasteiger partial charge on any atom is 0.254 e. The first kappa shape index (κ1) is 12.2. The fourth-order valence-corrected chi connectivity index (χ4v) is 1.19. The van der Waals surface area contributed by atoms with E-state index in [0.29, 0.717) is 11.1 Å². The molecule has 0 N–H and O–H groups in total. The Hall–Kier alpha value is -1.91.